The van der Waals surface area contributed by atoms with Crippen molar-refractivity contribution in [2.75, 3.05) is 10.6 Å². The fourth-order valence-corrected chi connectivity index (χ4v) is 2.94. The van der Waals surface area contributed by atoms with Gasteiger partial charge in [-0.3, -0.25) is 0 Å². The second kappa shape index (κ2) is 7.98. The average molecular weight is 452 g/mol. The molecule has 0 saturated heterocycles. The van der Waals surface area contributed by atoms with Crippen molar-refractivity contribution in [2.45, 2.75) is 51.5 Å². The molecule has 0 amide bonds. The fraction of sp³-hybridized carbons (Fsp3) is 0.529. The molecule has 0 unspecified atom stereocenters. The molecule has 0 radical (unpaired) electrons. The molecule has 8 nitrogen and oxygen atoms in total. The van der Waals surface area contributed by atoms with Crippen LogP contribution in [-0.4, -0.2) is 43.6 Å². The second-order valence-corrected chi connectivity index (χ2v) is 7.48. The van der Waals surface area contributed by atoms with Crippen LogP contribution >= 0.6 is 0 Å². The van der Waals surface area contributed by atoms with Crippen molar-refractivity contribution in [2.24, 2.45) is 5.41 Å². The molecule has 3 N–H and O–H groups in total. The minimum atomic E-state index is -4.98. The third-order valence-electron chi connectivity index (χ3n) is 5.02. The first-order valence-electron chi connectivity index (χ1n) is 8.94. The monoisotopic (exact) mass is 452 g/mol. The maximum Gasteiger partial charge on any atom is 0.574 e. The van der Waals surface area contributed by atoms with Crippen LogP contribution in [0.4, 0.5) is 38.1 Å². The molecular weight excluding hydrogens is 434 g/mol. The summed E-state index contributed by atoms with van der Waals surface area (Å²) < 4.78 is 81.3. The number of nitrogens with zero attached hydrogens (tertiary/aromatic N) is 4. The van der Waals surface area contributed by atoms with E-state index in [2.05, 4.69) is 35.3 Å². The van der Waals surface area contributed by atoms with Gasteiger partial charge in [0.2, 0.25) is 11.8 Å². The summed E-state index contributed by atoms with van der Waals surface area (Å²) in [5.74, 6) is -1.54. The van der Waals surface area contributed by atoms with Gasteiger partial charge in [-0.25, -0.2) is 15.0 Å². The lowest BCUT2D eigenvalue weighted by Crippen LogP contribution is -2.57. The van der Waals surface area contributed by atoms with Gasteiger partial charge in [-0.2, -0.15) is 18.2 Å². The number of aliphatic hydroxyl groups excluding tert-OH is 1. The Hall–Kier alpha value is -2.90. The highest BCUT2D eigenvalue weighted by Gasteiger charge is 2.48. The van der Waals surface area contributed by atoms with Crippen molar-refractivity contribution in [3.05, 3.63) is 29.8 Å². The third-order valence-corrected chi connectivity index (χ3v) is 5.02. The number of aromatic nitrogens is 4. The van der Waals surface area contributed by atoms with Gasteiger partial charge in [0.05, 0.1) is 11.7 Å². The van der Waals surface area contributed by atoms with Gasteiger partial charge in [0, 0.05) is 30.4 Å². The van der Waals surface area contributed by atoms with E-state index in [9.17, 15) is 31.4 Å². The SMILES string of the molecule is CC1(C)[C@H](O)C[C@H]1Nc1nc(NCc2cncnc2OC(F)(F)F)ncc1C(F)(F)F. The summed E-state index contributed by atoms with van der Waals surface area (Å²) in [4.78, 5) is 14.4. The van der Waals surface area contributed by atoms with Crippen LogP contribution in [0.5, 0.6) is 5.88 Å². The molecule has 1 saturated carbocycles. The number of nitrogens with one attached hydrogen (secondary N) is 2. The quantitative estimate of drug-likeness (QED) is 0.573. The van der Waals surface area contributed by atoms with E-state index in [4.69, 9.17) is 0 Å². The highest BCUT2D eigenvalue weighted by atomic mass is 19.4. The van der Waals surface area contributed by atoms with Crippen LogP contribution in [0, 0.1) is 5.41 Å². The molecule has 2 atom stereocenters. The fourth-order valence-electron chi connectivity index (χ4n) is 2.94. The standard InChI is InChI=1S/C17H18F6N6O2/c1-15(2)10(3-11(15)30)28-12-9(16(18,19)20)6-26-14(29-12)25-5-8-4-24-7-27-13(8)31-17(21,22)23/h4,6-7,10-11,30H,3,5H2,1-2H3,(H2,25,26,28,29)/t10-,11-/m1/s1. The first-order valence-corrected chi connectivity index (χ1v) is 8.94. The zero-order valence-electron chi connectivity index (χ0n) is 16.2. The Morgan fingerprint density at radius 2 is 1.87 bits per heavy atom. The van der Waals surface area contributed by atoms with E-state index in [1.165, 1.54) is 0 Å². The van der Waals surface area contributed by atoms with E-state index >= 15 is 0 Å². The van der Waals surface area contributed by atoms with Gasteiger partial charge in [0.15, 0.2) is 0 Å². The van der Waals surface area contributed by atoms with Crippen LogP contribution in [0.15, 0.2) is 18.7 Å². The minimum absolute atomic E-state index is 0.110. The molecule has 1 aliphatic carbocycles. The van der Waals surface area contributed by atoms with E-state index in [1.807, 2.05) is 0 Å². The van der Waals surface area contributed by atoms with Crippen LogP contribution in [-0.2, 0) is 12.7 Å². The average Bonchev–Trinajstić information content (AvgIpc) is 2.65. The molecule has 0 aliphatic heterocycles. The predicted octanol–water partition coefficient (Wildman–Crippen LogP) is 3.37. The molecule has 170 valence electrons. The number of aliphatic hydroxyl groups is 1. The number of halogens is 6. The van der Waals surface area contributed by atoms with Crippen molar-refractivity contribution < 1.29 is 36.2 Å². The summed E-state index contributed by atoms with van der Waals surface area (Å²) in [6.45, 7) is 3.05. The van der Waals surface area contributed by atoms with Crippen LogP contribution in [0.2, 0.25) is 0 Å². The van der Waals surface area contributed by atoms with Crippen molar-refractivity contribution in [1.82, 2.24) is 19.9 Å². The normalized spacial score (nSPS) is 20.7. The van der Waals surface area contributed by atoms with Gasteiger partial charge < -0.3 is 20.5 Å². The molecule has 2 aromatic rings. The van der Waals surface area contributed by atoms with Crippen LogP contribution < -0.4 is 15.4 Å². The Labute approximate surface area is 172 Å². The smallest absolute Gasteiger partial charge is 0.392 e. The Morgan fingerprint density at radius 1 is 1.16 bits per heavy atom. The first-order chi connectivity index (χ1) is 14.3. The van der Waals surface area contributed by atoms with Crippen molar-refractivity contribution in [3.63, 3.8) is 0 Å². The van der Waals surface area contributed by atoms with Gasteiger partial charge in [0.25, 0.3) is 0 Å². The molecule has 1 fully saturated rings. The van der Waals surface area contributed by atoms with E-state index in [0.29, 0.717) is 6.20 Å². The molecule has 31 heavy (non-hydrogen) atoms. The summed E-state index contributed by atoms with van der Waals surface area (Å²) >= 11 is 0. The molecule has 0 spiro atoms. The van der Waals surface area contributed by atoms with E-state index in [0.717, 1.165) is 12.5 Å². The summed E-state index contributed by atoms with van der Waals surface area (Å²) in [6, 6.07) is -0.472. The lowest BCUT2D eigenvalue weighted by atomic mass is 9.64. The van der Waals surface area contributed by atoms with Gasteiger partial charge in [-0.1, -0.05) is 13.8 Å². The first kappa shape index (κ1) is 22.8. The van der Waals surface area contributed by atoms with Gasteiger partial charge in [-0.05, 0) is 6.42 Å². The molecule has 2 aromatic heterocycles. The molecule has 1 aliphatic rings. The zero-order chi connectivity index (χ0) is 23.0. The van der Waals surface area contributed by atoms with Gasteiger partial charge in [0.1, 0.15) is 17.7 Å². The topological polar surface area (TPSA) is 105 Å². The maximum atomic E-state index is 13.4. The highest BCUT2D eigenvalue weighted by molar-refractivity contribution is 5.50. The molecular formula is C17H18F6N6O2. The number of hydrogen-bond acceptors (Lipinski definition) is 8. The lowest BCUT2D eigenvalue weighted by molar-refractivity contribution is -0.276. The molecule has 0 bridgehead atoms. The highest BCUT2D eigenvalue weighted by Crippen LogP contribution is 2.43. The summed E-state index contributed by atoms with van der Waals surface area (Å²) in [6.07, 6.45) is -7.69. The van der Waals surface area contributed by atoms with Crippen LogP contribution in [0.1, 0.15) is 31.4 Å². The number of rotatable bonds is 6. The minimum Gasteiger partial charge on any atom is -0.392 e. The predicted molar refractivity (Wildman–Crippen MR) is 94.9 cm³/mol. The van der Waals surface area contributed by atoms with E-state index in [1.54, 1.807) is 13.8 Å². The number of ether oxygens (including phenoxy) is 1. The number of alkyl halides is 6. The molecule has 14 heteroatoms. The summed E-state index contributed by atoms with van der Waals surface area (Å²) in [5, 5.41) is 15.0. The summed E-state index contributed by atoms with van der Waals surface area (Å²) in [5.41, 5.74) is -1.90. The second-order valence-electron chi connectivity index (χ2n) is 7.48. The van der Waals surface area contributed by atoms with Gasteiger partial charge >= 0.3 is 12.5 Å². The zero-order valence-corrected chi connectivity index (χ0v) is 16.2. The Kier molecular flexibility index (Phi) is 5.86. The Balaban J connectivity index is 1.80. The van der Waals surface area contributed by atoms with Crippen LogP contribution in [0.3, 0.4) is 0 Å². The number of hydrogen-bond donors (Lipinski definition) is 3. The Morgan fingerprint density at radius 3 is 2.45 bits per heavy atom. The van der Waals surface area contributed by atoms with Gasteiger partial charge in [-0.15, -0.1) is 13.2 Å². The molecule has 2 heterocycles. The molecule has 3 rings (SSSR count). The lowest BCUT2D eigenvalue weighted by Gasteiger charge is -2.49. The van der Waals surface area contributed by atoms with Crippen molar-refractivity contribution in [1.29, 1.82) is 0 Å². The number of anilines is 2. The van der Waals surface area contributed by atoms with Crippen molar-refractivity contribution in [3.8, 4) is 5.88 Å². The van der Waals surface area contributed by atoms with Crippen molar-refractivity contribution >= 4 is 11.8 Å². The largest absolute Gasteiger partial charge is 0.574 e. The van der Waals surface area contributed by atoms with Crippen LogP contribution in [0.25, 0.3) is 0 Å². The third kappa shape index (κ3) is 5.24. The molecule has 0 aromatic carbocycles. The Bertz CT molecular complexity index is 936. The maximum absolute atomic E-state index is 13.4. The van der Waals surface area contributed by atoms with E-state index < -0.39 is 47.4 Å². The van der Waals surface area contributed by atoms with E-state index in [-0.39, 0.29) is 24.5 Å². The summed E-state index contributed by atoms with van der Waals surface area (Å²) in [7, 11) is 0.